The van der Waals surface area contributed by atoms with Gasteiger partial charge in [0.25, 0.3) is 0 Å². The molecule has 1 heterocycles. The first-order chi connectivity index (χ1) is 14.6. The summed E-state index contributed by atoms with van der Waals surface area (Å²) in [5, 5.41) is 14.0. The molecule has 2 aromatic carbocycles. The third-order valence-corrected chi connectivity index (χ3v) is 4.92. The van der Waals surface area contributed by atoms with Gasteiger partial charge in [0.15, 0.2) is 0 Å². The number of carboxylic acids is 1. The molecule has 0 aliphatic rings. The van der Waals surface area contributed by atoms with E-state index in [0.717, 1.165) is 49.1 Å². The number of hydrogen-bond donors (Lipinski definition) is 1. The third-order valence-electron chi connectivity index (χ3n) is 4.92. The number of benzene rings is 2. The molecule has 1 aromatic heterocycles. The smallest absolute Gasteiger partial charge is 0.336 e. The number of unbranched alkanes of at least 4 members (excludes halogenated alkanes) is 2. The number of carboxylic acid groups (broad SMARTS) is 1. The van der Waals surface area contributed by atoms with Crippen LogP contribution in [0.3, 0.4) is 0 Å². The molecular weight excluding hydrogens is 378 g/mol. The lowest BCUT2D eigenvalue weighted by Crippen LogP contribution is -2.07. The van der Waals surface area contributed by atoms with Crippen LogP contribution in [-0.4, -0.2) is 32.4 Å². The Labute approximate surface area is 177 Å². The zero-order valence-corrected chi connectivity index (χ0v) is 17.7. The summed E-state index contributed by atoms with van der Waals surface area (Å²) in [5.74, 6) is 0.0171. The molecule has 0 spiro atoms. The first-order valence-electron chi connectivity index (χ1n) is 10.6. The Bertz CT molecular complexity index is 964. The van der Waals surface area contributed by atoms with Crippen molar-refractivity contribution in [1.82, 2.24) is 14.8 Å². The second-order valence-electron chi connectivity index (χ2n) is 7.32. The van der Waals surface area contributed by atoms with Gasteiger partial charge in [0.2, 0.25) is 0 Å². The zero-order chi connectivity index (χ0) is 21.3. The average molecular weight is 408 g/mol. The topological polar surface area (TPSA) is 77.2 Å². The van der Waals surface area contributed by atoms with Gasteiger partial charge in [-0.15, -0.1) is 5.10 Å². The lowest BCUT2D eigenvalue weighted by Gasteiger charge is -2.09. The molecule has 0 bridgehead atoms. The molecule has 3 aromatic rings. The van der Waals surface area contributed by atoms with Gasteiger partial charge in [-0.2, -0.15) is 4.98 Å². The molecule has 1 N–H and O–H groups in total. The summed E-state index contributed by atoms with van der Waals surface area (Å²) < 4.78 is 7.55. The van der Waals surface area contributed by atoms with Crippen molar-refractivity contribution in [3.05, 3.63) is 65.5 Å². The minimum Gasteiger partial charge on any atom is -0.478 e. The van der Waals surface area contributed by atoms with Gasteiger partial charge in [0.1, 0.15) is 5.82 Å². The summed E-state index contributed by atoms with van der Waals surface area (Å²) in [7, 11) is 0. The lowest BCUT2D eigenvalue weighted by molar-refractivity contribution is 0.0697. The Morgan fingerprint density at radius 3 is 2.50 bits per heavy atom. The number of aryl methyl sites for hydroxylation is 1. The van der Waals surface area contributed by atoms with Gasteiger partial charge in [-0.3, -0.25) is 0 Å². The van der Waals surface area contributed by atoms with Gasteiger partial charge in [-0.25, -0.2) is 9.48 Å². The van der Waals surface area contributed by atoms with Gasteiger partial charge < -0.3 is 9.84 Å². The van der Waals surface area contributed by atoms with E-state index in [1.54, 1.807) is 12.1 Å². The van der Waals surface area contributed by atoms with E-state index in [9.17, 15) is 9.90 Å². The molecule has 0 atom stereocenters. The zero-order valence-electron chi connectivity index (χ0n) is 17.7. The Morgan fingerprint density at radius 1 is 1.03 bits per heavy atom. The van der Waals surface area contributed by atoms with E-state index < -0.39 is 5.97 Å². The first-order valence-corrected chi connectivity index (χ1v) is 10.6. The molecule has 3 rings (SSSR count). The Balaban J connectivity index is 1.79. The van der Waals surface area contributed by atoms with Gasteiger partial charge in [0, 0.05) is 6.42 Å². The average Bonchev–Trinajstić information content (AvgIpc) is 3.14. The fourth-order valence-electron chi connectivity index (χ4n) is 3.33. The molecule has 0 aliphatic carbocycles. The molecule has 0 fully saturated rings. The summed E-state index contributed by atoms with van der Waals surface area (Å²) >= 11 is 0. The van der Waals surface area contributed by atoms with Crippen LogP contribution < -0.4 is 4.74 Å². The standard InChI is InChI=1S/C24H29N3O3/c1-3-5-6-11-22-25-24(30-16-4-2)26-27(22)17-18-12-14-19(15-13-18)20-9-7-8-10-21(20)23(28)29/h7-10,12-15H,3-6,11,16-17H2,1-2H3,(H,28,29). The number of aromatic nitrogens is 3. The predicted octanol–water partition coefficient (Wildman–Crippen LogP) is 5.21. The fraction of sp³-hybridized carbons (Fsp3) is 0.375. The van der Waals surface area contributed by atoms with E-state index in [0.29, 0.717) is 30.3 Å². The summed E-state index contributed by atoms with van der Waals surface area (Å²) in [6, 6.07) is 15.4. The Hall–Kier alpha value is -3.15. The van der Waals surface area contributed by atoms with Crippen molar-refractivity contribution in [2.75, 3.05) is 6.61 Å². The van der Waals surface area contributed by atoms with Crippen LogP contribution in [0.5, 0.6) is 6.01 Å². The predicted molar refractivity (Wildman–Crippen MR) is 117 cm³/mol. The molecule has 30 heavy (non-hydrogen) atoms. The highest BCUT2D eigenvalue weighted by Gasteiger charge is 2.13. The minimum absolute atomic E-state index is 0.303. The summed E-state index contributed by atoms with van der Waals surface area (Å²) in [6.07, 6.45) is 5.19. The quantitative estimate of drug-likeness (QED) is 0.441. The number of carbonyl (C=O) groups is 1. The third kappa shape index (κ3) is 5.47. The fourth-order valence-corrected chi connectivity index (χ4v) is 3.33. The van der Waals surface area contributed by atoms with Crippen molar-refractivity contribution >= 4 is 5.97 Å². The lowest BCUT2D eigenvalue weighted by atomic mass is 9.99. The van der Waals surface area contributed by atoms with E-state index in [-0.39, 0.29) is 0 Å². The van der Waals surface area contributed by atoms with Crippen molar-refractivity contribution in [1.29, 1.82) is 0 Å². The van der Waals surface area contributed by atoms with E-state index in [1.165, 1.54) is 0 Å². The maximum Gasteiger partial charge on any atom is 0.336 e. The number of ether oxygens (including phenoxy) is 1. The highest BCUT2D eigenvalue weighted by Crippen LogP contribution is 2.24. The molecule has 0 saturated carbocycles. The number of rotatable bonds is 11. The second-order valence-corrected chi connectivity index (χ2v) is 7.32. The van der Waals surface area contributed by atoms with E-state index >= 15 is 0 Å². The number of aromatic carboxylic acids is 1. The Kier molecular flexibility index (Phi) is 7.60. The minimum atomic E-state index is -0.923. The van der Waals surface area contributed by atoms with Crippen molar-refractivity contribution < 1.29 is 14.6 Å². The molecule has 0 unspecified atom stereocenters. The van der Waals surface area contributed by atoms with Crippen LogP contribution in [0.15, 0.2) is 48.5 Å². The molecular formula is C24H29N3O3. The van der Waals surface area contributed by atoms with Gasteiger partial charge in [-0.05, 0) is 35.6 Å². The summed E-state index contributed by atoms with van der Waals surface area (Å²) in [4.78, 5) is 16.1. The van der Waals surface area contributed by atoms with Crippen molar-refractivity contribution in [2.45, 2.75) is 52.5 Å². The molecule has 6 heteroatoms. The van der Waals surface area contributed by atoms with Crippen LogP contribution in [0.1, 0.15) is 61.3 Å². The molecule has 6 nitrogen and oxygen atoms in total. The van der Waals surface area contributed by atoms with Crippen molar-refractivity contribution in [3.63, 3.8) is 0 Å². The van der Waals surface area contributed by atoms with Crippen molar-refractivity contribution in [2.24, 2.45) is 0 Å². The summed E-state index contributed by atoms with van der Waals surface area (Å²) in [5.41, 5.74) is 2.98. The van der Waals surface area contributed by atoms with Crippen LogP contribution in [-0.2, 0) is 13.0 Å². The molecule has 0 radical (unpaired) electrons. The van der Waals surface area contributed by atoms with Gasteiger partial charge in [0.05, 0.1) is 18.7 Å². The van der Waals surface area contributed by atoms with Crippen LogP contribution in [0.25, 0.3) is 11.1 Å². The second kappa shape index (κ2) is 10.6. The molecule has 158 valence electrons. The monoisotopic (exact) mass is 407 g/mol. The maximum absolute atomic E-state index is 11.5. The van der Waals surface area contributed by atoms with Crippen LogP contribution >= 0.6 is 0 Å². The van der Waals surface area contributed by atoms with Crippen LogP contribution in [0.2, 0.25) is 0 Å². The number of hydrogen-bond acceptors (Lipinski definition) is 4. The van der Waals surface area contributed by atoms with Crippen molar-refractivity contribution in [3.8, 4) is 17.1 Å². The highest BCUT2D eigenvalue weighted by molar-refractivity contribution is 5.95. The maximum atomic E-state index is 11.5. The molecule has 0 amide bonds. The van der Waals surface area contributed by atoms with Gasteiger partial charge >= 0.3 is 12.0 Å². The SMILES string of the molecule is CCCCCc1nc(OCCC)nn1Cc1ccc(-c2ccccc2C(=O)O)cc1. The van der Waals surface area contributed by atoms with Crippen LogP contribution in [0, 0.1) is 0 Å². The molecule has 0 aliphatic heterocycles. The first kappa shape index (κ1) is 21.6. The van der Waals surface area contributed by atoms with E-state index in [2.05, 4.69) is 23.9 Å². The molecule has 0 saturated heterocycles. The van der Waals surface area contributed by atoms with Gasteiger partial charge in [-0.1, -0.05) is 69.2 Å². The largest absolute Gasteiger partial charge is 0.478 e. The normalized spacial score (nSPS) is 10.9. The van der Waals surface area contributed by atoms with E-state index in [1.807, 2.05) is 41.1 Å². The summed E-state index contributed by atoms with van der Waals surface area (Å²) in [6.45, 7) is 5.45. The Morgan fingerprint density at radius 2 is 1.80 bits per heavy atom. The van der Waals surface area contributed by atoms with Crippen LogP contribution in [0.4, 0.5) is 0 Å². The number of nitrogens with zero attached hydrogens (tertiary/aromatic N) is 3. The van der Waals surface area contributed by atoms with E-state index in [4.69, 9.17) is 4.74 Å². The highest BCUT2D eigenvalue weighted by atomic mass is 16.5.